The van der Waals surface area contributed by atoms with E-state index in [2.05, 4.69) is 26.5 Å². The molecule has 0 radical (unpaired) electrons. The first-order valence-electron chi connectivity index (χ1n) is 11.9. The number of ether oxygens (including phenoxy) is 1. The topological polar surface area (TPSA) is 60.4 Å². The molecule has 0 amide bonds. The molecule has 0 heterocycles. The van der Waals surface area contributed by atoms with Crippen LogP contribution in [0, 0.1) is 28.6 Å². The molecule has 0 aromatic heterocycles. The molecule has 4 nitrogen and oxygen atoms in total. The number of carbonyl (C=O) groups is 3. The van der Waals surface area contributed by atoms with Crippen molar-refractivity contribution in [3.8, 4) is 0 Å². The van der Waals surface area contributed by atoms with Crippen LogP contribution < -0.4 is 0 Å². The second kappa shape index (κ2) is 7.56. The minimum atomic E-state index is -1.01. The number of allylic oxidation sites excluding steroid dienone is 5. The summed E-state index contributed by atoms with van der Waals surface area (Å²) in [6.07, 6.45) is 12.9. The molecule has 0 unspecified atom stereocenters. The van der Waals surface area contributed by atoms with E-state index in [1.807, 2.05) is 12.2 Å². The zero-order valence-electron chi connectivity index (χ0n) is 19.5. The summed E-state index contributed by atoms with van der Waals surface area (Å²) in [7, 11) is 0. The van der Waals surface area contributed by atoms with Crippen LogP contribution in [0.5, 0.6) is 0 Å². The Hall–Kier alpha value is -1.97. The largest absolute Gasteiger partial charge is 0.451 e. The number of ketones is 2. The molecule has 0 N–H and O–H groups in total. The molecule has 0 spiro atoms. The second-order valence-electron chi connectivity index (χ2n) is 10.7. The summed E-state index contributed by atoms with van der Waals surface area (Å²) in [5.74, 6) is 0.940. The average molecular weight is 425 g/mol. The van der Waals surface area contributed by atoms with Crippen LogP contribution in [0.3, 0.4) is 0 Å². The van der Waals surface area contributed by atoms with E-state index in [1.54, 1.807) is 6.92 Å². The van der Waals surface area contributed by atoms with Gasteiger partial charge in [-0.1, -0.05) is 26.0 Å². The summed E-state index contributed by atoms with van der Waals surface area (Å²) in [6.45, 7) is 11.4. The van der Waals surface area contributed by atoms with Crippen molar-refractivity contribution in [2.45, 2.75) is 84.7 Å². The Bertz CT molecular complexity index is 895. The lowest BCUT2D eigenvalue weighted by molar-refractivity contribution is -0.185. The minimum absolute atomic E-state index is 0.00589. The summed E-state index contributed by atoms with van der Waals surface area (Å²) in [4.78, 5) is 37.2. The Morgan fingerprint density at radius 3 is 2.52 bits per heavy atom. The number of fused-ring (bicyclic) bond motifs is 5. The van der Waals surface area contributed by atoms with E-state index in [-0.39, 0.29) is 28.4 Å². The van der Waals surface area contributed by atoms with Gasteiger partial charge in [0.25, 0.3) is 0 Å². The standard InChI is InChI=1S/C27H36O4/c1-6-7-8-19-15-21-22(25(4)12-9-20(30)16-24(19)25)10-13-26(5)23(21)11-14-27(26,17(2)28)31-18(3)29/h6,15-16,21-23H,1,7-14H2,2-5H3/t21-,22+,23+,25-,26+,27-/m1/s1. The van der Waals surface area contributed by atoms with E-state index in [1.165, 1.54) is 18.1 Å². The molecule has 2 fully saturated rings. The third kappa shape index (κ3) is 3.12. The summed E-state index contributed by atoms with van der Waals surface area (Å²) < 4.78 is 5.87. The van der Waals surface area contributed by atoms with Crippen molar-refractivity contribution in [2.24, 2.45) is 28.6 Å². The first kappa shape index (κ1) is 22.2. The average Bonchev–Trinajstić information content (AvgIpc) is 3.00. The number of hydrogen-bond donors (Lipinski definition) is 0. The summed E-state index contributed by atoms with van der Waals surface area (Å²) >= 11 is 0. The number of carbonyl (C=O) groups excluding carboxylic acids is 3. The van der Waals surface area contributed by atoms with Gasteiger partial charge in [-0.25, -0.2) is 0 Å². The van der Waals surface area contributed by atoms with Gasteiger partial charge in [0.2, 0.25) is 0 Å². The molecule has 0 aliphatic heterocycles. The first-order valence-corrected chi connectivity index (χ1v) is 11.9. The van der Waals surface area contributed by atoms with Gasteiger partial charge in [-0.15, -0.1) is 6.58 Å². The maximum atomic E-state index is 12.9. The predicted octanol–water partition coefficient (Wildman–Crippen LogP) is 5.52. The monoisotopic (exact) mass is 424 g/mol. The summed E-state index contributed by atoms with van der Waals surface area (Å²) in [5.41, 5.74) is 1.16. The Balaban J connectivity index is 1.81. The van der Waals surface area contributed by atoms with Gasteiger partial charge in [-0.3, -0.25) is 14.4 Å². The molecule has 2 saturated carbocycles. The van der Waals surface area contributed by atoms with E-state index < -0.39 is 5.60 Å². The smallest absolute Gasteiger partial charge is 0.303 e. The van der Waals surface area contributed by atoms with Gasteiger partial charge < -0.3 is 4.74 Å². The zero-order chi connectivity index (χ0) is 22.6. The molecular weight excluding hydrogens is 388 g/mol. The molecule has 0 aromatic carbocycles. The van der Waals surface area contributed by atoms with Gasteiger partial charge in [0.15, 0.2) is 17.2 Å². The maximum absolute atomic E-state index is 12.9. The van der Waals surface area contributed by atoms with Crippen LogP contribution in [0.2, 0.25) is 0 Å². The van der Waals surface area contributed by atoms with E-state index in [9.17, 15) is 14.4 Å². The van der Waals surface area contributed by atoms with Crippen LogP contribution in [0.15, 0.2) is 36.0 Å². The highest BCUT2D eigenvalue weighted by Gasteiger charge is 2.67. The van der Waals surface area contributed by atoms with Gasteiger partial charge in [0.1, 0.15) is 0 Å². The van der Waals surface area contributed by atoms with Crippen LogP contribution in [-0.4, -0.2) is 23.1 Å². The van der Waals surface area contributed by atoms with Crippen molar-refractivity contribution in [2.75, 3.05) is 0 Å². The number of esters is 1. The van der Waals surface area contributed by atoms with Crippen LogP contribution in [0.1, 0.15) is 79.1 Å². The predicted molar refractivity (Wildman–Crippen MR) is 120 cm³/mol. The lowest BCUT2D eigenvalue weighted by atomic mass is 9.46. The first-order chi connectivity index (χ1) is 14.6. The molecule has 4 aliphatic carbocycles. The van der Waals surface area contributed by atoms with Crippen LogP contribution >= 0.6 is 0 Å². The Morgan fingerprint density at radius 2 is 1.87 bits per heavy atom. The fourth-order valence-electron chi connectivity index (χ4n) is 7.79. The van der Waals surface area contributed by atoms with Crippen molar-refractivity contribution < 1.29 is 19.1 Å². The fourth-order valence-corrected chi connectivity index (χ4v) is 7.79. The van der Waals surface area contributed by atoms with Crippen molar-refractivity contribution in [3.63, 3.8) is 0 Å². The Kier molecular flexibility index (Phi) is 5.43. The lowest BCUT2D eigenvalue weighted by Crippen LogP contribution is -2.58. The number of rotatable bonds is 5. The molecule has 4 heteroatoms. The van der Waals surface area contributed by atoms with Crippen molar-refractivity contribution in [1.82, 2.24) is 0 Å². The molecule has 168 valence electrons. The van der Waals surface area contributed by atoms with Crippen LogP contribution in [0.25, 0.3) is 0 Å². The van der Waals surface area contributed by atoms with E-state index in [0.29, 0.717) is 30.6 Å². The van der Waals surface area contributed by atoms with Gasteiger partial charge >= 0.3 is 5.97 Å². The SMILES string of the molecule is C=CCCC1=C[C@@H]2[C@H](CC[C@@]3(C)[C@H]2CC[C@@]3(OC(C)=O)C(C)=O)[C@@]2(C)CCC(=O)C=C12. The molecule has 6 atom stereocenters. The molecule has 4 aliphatic rings. The molecule has 4 rings (SSSR count). The van der Waals surface area contributed by atoms with Crippen molar-refractivity contribution in [3.05, 3.63) is 36.0 Å². The highest BCUT2D eigenvalue weighted by Crippen LogP contribution is 2.68. The van der Waals surface area contributed by atoms with Gasteiger partial charge in [0, 0.05) is 18.8 Å². The molecule has 0 bridgehead atoms. The van der Waals surface area contributed by atoms with Gasteiger partial charge in [-0.2, -0.15) is 0 Å². The fraction of sp³-hybridized carbons (Fsp3) is 0.667. The van der Waals surface area contributed by atoms with E-state index >= 15 is 0 Å². The third-order valence-corrected chi connectivity index (χ3v) is 9.33. The summed E-state index contributed by atoms with van der Waals surface area (Å²) in [6, 6.07) is 0. The minimum Gasteiger partial charge on any atom is -0.451 e. The molecule has 31 heavy (non-hydrogen) atoms. The highest BCUT2D eigenvalue weighted by molar-refractivity contribution is 5.92. The summed E-state index contributed by atoms with van der Waals surface area (Å²) in [5, 5.41) is 0. The highest BCUT2D eigenvalue weighted by atomic mass is 16.6. The molecule has 0 aromatic rings. The van der Waals surface area contributed by atoms with Crippen molar-refractivity contribution in [1.29, 1.82) is 0 Å². The molecular formula is C27H36O4. The van der Waals surface area contributed by atoms with Crippen LogP contribution in [0.4, 0.5) is 0 Å². The third-order valence-electron chi connectivity index (χ3n) is 9.33. The van der Waals surface area contributed by atoms with Crippen LogP contribution in [-0.2, 0) is 19.1 Å². The Morgan fingerprint density at radius 1 is 1.16 bits per heavy atom. The normalized spacial score (nSPS) is 41.3. The number of hydrogen-bond acceptors (Lipinski definition) is 4. The lowest BCUT2D eigenvalue weighted by Gasteiger charge is -2.58. The number of Topliss-reactive ketones (excluding diaryl/α,β-unsaturated/α-hetero) is 1. The maximum Gasteiger partial charge on any atom is 0.303 e. The van der Waals surface area contributed by atoms with Gasteiger partial charge in [-0.05, 0) is 92.3 Å². The van der Waals surface area contributed by atoms with Gasteiger partial charge in [0.05, 0.1) is 0 Å². The second-order valence-corrected chi connectivity index (χ2v) is 10.7. The van der Waals surface area contributed by atoms with E-state index in [0.717, 1.165) is 38.5 Å². The quantitative estimate of drug-likeness (QED) is 0.430. The van der Waals surface area contributed by atoms with E-state index in [4.69, 9.17) is 4.74 Å². The van der Waals surface area contributed by atoms with Crippen molar-refractivity contribution >= 4 is 17.5 Å². The Labute approximate surface area is 186 Å². The molecule has 0 saturated heterocycles. The zero-order valence-corrected chi connectivity index (χ0v) is 19.5.